The van der Waals surface area contributed by atoms with Gasteiger partial charge in [0, 0.05) is 56.6 Å². The maximum atomic E-state index is 16.9. The van der Waals surface area contributed by atoms with E-state index >= 15 is 8.78 Å². The molecule has 0 spiro atoms. The van der Waals surface area contributed by atoms with Crippen molar-refractivity contribution < 1.29 is 23.4 Å². The number of amides is 1. The molecule has 2 aromatic heterocycles. The lowest BCUT2D eigenvalue weighted by Gasteiger charge is -2.25. The number of benzene rings is 2. The van der Waals surface area contributed by atoms with E-state index in [1.807, 2.05) is 25.9 Å². The summed E-state index contributed by atoms with van der Waals surface area (Å²) in [6.45, 7) is 4.42. The topological polar surface area (TPSA) is 131 Å². The number of phenols is 1. The molecule has 13 heteroatoms. The first-order valence-corrected chi connectivity index (χ1v) is 16.5. The summed E-state index contributed by atoms with van der Waals surface area (Å²) in [4.78, 5) is 31.8. The van der Waals surface area contributed by atoms with Crippen LogP contribution in [-0.2, 0) is 11.2 Å². The Hall–Kier alpha value is -4.91. The highest BCUT2D eigenvalue weighted by atomic mass is 19.1. The van der Waals surface area contributed by atoms with Gasteiger partial charge < -0.3 is 29.9 Å². The van der Waals surface area contributed by atoms with Gasteiger partial charge in [-0.15, -0.1) is 0 Å². The number of aromatic nitrogens is 3. The number of aryl methyl sites for hydroxylation is 1. The fourth-order valence-electron chi connectivity index (χ4n) is 6.57. The minimum atomic E-state index is -0.749. The van der Waals surface area contributed by atoms with Crippen LogP contribution in [0, 0.1) is 22.5 Å². The quantitative estimate of drug-likeness (QED) is 0.201. The molecular weight excluding hydrogens is 630 g/mol. The molecule has 6 rings (SSSR count). The number of anilines is 1. The smallest absolute Gasteiger partial charge is 0.319 e. The summed E-state index contributed by atoms with van der Waals surface area (Å²) in [6, 6.07) is 5.84. The molecule has 0 radical (unpaired) electrons. The third-order valence-electron chi connectivity index (χ3n) is 9.09. The fraction of sp³-hybridized carbons (Fsp3) is 0.417. The van der Waals surface area contributed by atoms with Crippen LogP contribution in [0.25, 0.3) is 32.9 Å². The Morgan fingerprint density at radius 1 is 1.18 bits per heavy atom. The van der Waals surface area contributed by atoms with E-state index in [1.165, 1.54) is 35.4 Å². The molecule has 2 aromatic carbocycles. The second-order valence-electron chi connectivity index (χ2n) is 13.5. The summed E-state index contributed by atoms with van der Waals surface area (Å²) in [6.07, 6.45) is 6.06. The molecule has 1 saturated carbocycles. The number of pyridine rings is 1. The van der Waals surface area contributed by atoms with Gasteiger partial charge in [-0.3, -0.25) is 15.2 Å². The molecule has 11 nitrogen and oxygen atoms in total. The highest BCUT2D eigenvalue weighted by Gasteiger charge is 2.44. The van der Waals surface area contributed by atoms with Crippen LogP contribution in [0.2, 0.25) is 0 Å². The Bertz CT molecular complexity index is 1980. The van der Waals surface area contributed by atoms with Gasteiger partial charge in [0.2, 0.25) is 0 Å². The van der Waals surface area contributed by atoms with Crippen LogP contribution in [0.5, 0.6) is 11.8 Å². The first kappa shape index (κ1) is 34.0. The van der Waals surface area contributed by atoms with Crippen molar-refractivity contribution >= 4 is 39.1 Å². The number of aromatic hydroxyl groups is 1. The first-order valence-electron chi connectivity index (χ1n) is 16.5. The molecule has 0 atom stereocenters. The van der Waals surface area contributed by atoms with E-state index in [0.29, 0.717) is 65.8 Å². The van der Waals surface area contributed by atoms with Gasteiger partial charge in [-0.2, -0.15) is 9.97 Å². The maximum Gasteiger partial charge on any atom is 0.319 e. The molecule has 4 aromatic rings. The second-order valence-corrected chi connectivity index (χ2v) is 13.5. The van der Waals surface area contributed by atoms with Crippen molar-refractivity contribution in [1.29, 1.82) is 5.41 Å². The normalized spacial score (nSPS) is 16.6. The summed E-state index contributed by atoms with van der Waals surface area (Å²) < 4.78 is 38.2. The minimum absolute atomic E-state index is 0.0166. The van der Waals surface area contributed by atoms with Crippen LogP contribution in [0.1, 0.15) is 31.7 Å². The zero-order valence-corrected chi connectivity index (χ0v) is 28.5. The average molecular weight is 673 g/mol. The number of nitrogens with one attached hydrogen (secondary N) is 2. The summed E-state index contributed by atoms with van der Waals surface area (Å²) in [5.41, 5.74) is 0.986. The summed E-state index contributed by atoms with van der Waals surface area (Å²) in [7, 11) is 7.21. The van der Waals surface area contributed by atoms with E-state index in [-0.39, 0.29) is 46.2 Å². The van der Waals surface area contributed by atoms with Crippen molar-refractivity contribution in [3.8, 4) is 23.0 Å². The number of fused-ring (bicyclic) bond motifs is 2. The summed E-state index contributed by atoms with van der Waals surface area (Å²) >= 11 is 0. The number of halogens is 2. The fourth-order valence-corrected chi connectivity index (χ4v) is 6.57. The van der Waals surface area contributed by atoms with E-state index in [4.69, 9.17) is 15.1 Å². The van der Waals surface area contributed by atoms with Gasteiger partial charge >= 0.3 is 6.01 Å². The van der Waals surface area contributed by atoms with Gasteiger partial charge in [0.1, 0.15) is 34.3 Å². The predicted molar refractivity (Wildman–Crippen MR) is 186 cm³/mol. The monoisotopic (exact) mass is 672 g/mol. The van der Waals surface area contributed by atoms with Gasteiger partial charge in [-0.25, -0.2) is 8.78 Å². The number of carbonyl (C=O) groups is 1. The molecule has 0 unspecified atom stereocenters. The second kappa shape index (κ2) is 13.5. The van der Waals surface area contributed by atoms with E-state index in [9.17, 15) is 9.90 Å². The Labute approximate surface area is 284 Å². The number of hydrogen-bond acceptors (Lipinski definition) is 10. The van der Waals surface area contributed by atoms with Crippen molar-refractivity contribution in [2.75, 3.05) is 65.9 Å². The molecule has 3 N–H and O–H groups in total. The van der Waals surface area contributed by atoms with Gasteiger partial charge in [-0.05, 0) is 80.4 Å². The molecule has 1 aliphatic heterocycles. The van der Waals surface area contributed by atoms with Crippen LogP contribution >= 0.6 is 0 Å². The van der Waals surface area contributed by atoms with Crippen molar-refractivity contribution in [3.63, 3.8) is 0 Å². The SMILES string of the molecule is CCc1c(F)ccc2cc(O)cc(-c3ncc4c(N5CCCN/C(=C\C(=N)C(=O)N(C)C)C5)nc(OCC5(CN(C)C)CC5)nc4c3F)c12. The van der Waals surface area contributed by atoms with Crippen LogP contribution in [0.4, 0.5) is 14.6 Å². The molecule has 258 valence electrons. The zero-order valence-electron chi connectivity index (χ0n) is 28.5. The highest BCUT2D eigenvalue weighted by Crippen LogP contribution is 2.46. The number of phenolic OH excluding ortho intramolecular Hbond substituents is 1. The third kappa shape index (κ3) is 6.98. The Morgan fingerprint density at radius 2 is 1.96 bits per heavy atom. The van der Waals surface area contributed by atoms with Crippen molar-refractivity contribution in [3.05, 3.63) is 59.4 Å². The van der Waals surface area contributed by atoms with Crippen molar-refractivity contribution in [1.82, 2.24) is 30.1 Å². The predicted octanol–water partition coefficient (Wildman–Crippen LogP) is 4.90. The van der Waals surface area contributed by atoms with Gasteiger partial charge in [0.25, 0.3) is 5.91 Å². The maximum absolute atomic E-state index is 16.9. The molecule has 3 heterocycles. The van der Waals surface area contributed by atoms with Crippen molar-refractivity contribution in [2.24, 2.45) is 5.41 Å². The lowest BCUT2D eigenvalue weighted by atomic mass is 9.94. The number of hydrogen-bond donors (Lipinski definition) is 3. The van der Waals surface area contributed by atoms with Crippen LogP contribution in [0.3, 0.4) is 0 Å². The number of rotatable bonds is 10. The van der Waals surface area contributed by atoms with Gasteiger partial charge in [0.15, 0.2) is 5.82 Å². The standard InChI is InChI=1S/C36H42F2N8O3/c1-6-24-27(37)9-8-21-14-23(47)16-25(29(21)24)31-30(38)32-26(17-41-31)33(43-35(42-32)49-20-36(10-11-36)19-44(2)3)46-13-7-12-40-22(18-46)15-28(39)34(48)45(4)5/h8-9,14-17,39-40,47H,6-7,10-13,18-20H2,1-5H3/b22-15-,39-28?. The van der Waals surface area contributed by atoms with Crippen molar-refractivity contribution in [2.45, 2.75) is 32.6 Å². The highest BCUT2D eigenvalue weighted by molar-refractivity contribution is 6.42. The molecule has 49 heavy (non-hydrogen) atoms. The third-order valence-corrected chi connectivity index (χ3v) is 9.09. The Balaban J connectivity index is 1.49. The molecule has 2 fully saturated rings. The van der Waals surface area contributed by atoms with E-state index < -0.39 is 17.5 Å². The average Bonchev–Trinajstić information content (AvgIpc) is 3.86. The lowest BCUT2D eigenvalue weighted by molar-refractivity contribution is -0.121. The minimum Gasteiger partial charge on any atom is -0.508 e. The summed E-state index contributed by atoms with van der Waals surface area (Å²) in [5, 5.41) is 23.6. The summed E-state index contributed by atoms with van der Waals surface area (Å²) in [5.74, 6) is -1.30. The van der Waals surface area contributed by atoms with Gasteiger partial charge in [-0.1, -0.05) is 13.0 Å². The molecule has 1 amide bonds. The number of nitrogens with zero attached hydrogens (tertiary/aromatic N) is 6. The van der Waals surface area contributed by atoms with E-state index in [1.54, 1.807) is 20.2 Å². The molecular formula is C36H42F2N8O3. The molecule has 1 aliphatic carbocycles. The van der Waals surface area contributed by atoms with E-state index in [0.717, 1.165) is 19.4 Å². The van der Waals surface area contributed by atoms with Crippen LogP contribution in [-0.4, -0.2) is 102 Å². The molecule has 1 saturated heterocycles. The lowest BCUT2D eigenvalue weighted by Crippen LogP contribution is -2.31. The Morgan fingerprint density at radius 3 is 2.65 bits per heavy atom. The van der Waals surface area contributed by atoms with Crippen LogP contribution < -0.4 is 15.0 Å². The van der Waals surface area contributed by atoms with Crippen LogP contribution in [0.15, 0.2) is 42.2 Å². The van der Waals surface area contributed by atoms with Gasteiger partial charge in [0.05, 0.1) is 18.5 Å². The number of ether oxygens (including phenoxy) is 1. The molecule has 0 bridgehead atoms. The largest absolute Gasteiger partial charge is 0.508 e. The Kier molecular flexibility index (Phi) is 9.39. The number of carbonyl (C=O) groups excluding carboxylic acids is 1. The zero-order chi connectivity index (χ0) is 35.0. The van der Waals surface area contributed by atoms with E-state index in [2.05, 4.69) is 20.2 Å². The first-order chi connectivity index (χ1) is 23.4. The molecule has 2 aliphatic rings.